The molecule has 2 amide bonds. The second-order valence-corrected chi connectivity index (χ2v) is 7.12. The van der Waals surface area contributed by atoms with E-state index in [4.69, 9.17) is 4.74 Å². The van der Waals surface area contributed by atoms with Gasteiger partial charge >= 0.3 is 12.0 Å². The second kappa shape index (κ2) is 6.89. The zero-order valence-electron chi connectivity index (χ0n) is 11.3. The number of carboxylic acids is 1. The average molecular weight is 308 g/mol. The Morgan fingerprint density at radius 1 is 1.30 bits per heavy atom. The molecule has 0 aromatic carbocycles. The maximum absolute atomic E-state index is 11.7. The minimum Gasteiger partial charge on any atom is -0.480 e. The van der Waals surface area contributed by atoms with Crippen LogP contribution in [0.25, 0.3) is 0 Å². The Kier molecular flexibility index (Phi) is 5.75. The molecule has 0 atom stereocenters. The Morgan fingerprint density at radius 2 is 1.90 bits per heavy atom. The zero-order valence-corrected chi connectivity index (χ0v) is 12.2. The largest absolute Gasteiger partial charge is 0.480 e. The summed E-state index contributed by atoms with van der Waals surface area (Å²) in [5.74, 6) is -1.11. The molecule has 3 N–H and O–H groups in total. The third-order valence-electron chi connectivity index (χ3n) is 3.09. The molecule has 8 nitrogen and oxygen atoms in total. The fourth-order valence-corrected chi connectivity index (χ4v) is 2.58. The zero-order chi connectivity index (χ0) is 15.2. The Bertz CT molecular complexity index is 456. The minimum atomic E-state index is -3.06. The van der Waals surface area contributed by atoms with Crippen LogP contribution >= 0.6 is 0 Å². The van der Waals surface area contributed by atoms with Crippen LogP contribution in [0.5, 0.6) is 0 Å². The van der Waals surface area contributed by atoms with E-state index < -0.39 is 27.4 Å². The highest BCUT2D eigenvalue weighted by atomic mass is 32.2. The smallest absolute Gasteiger partial charge is 0.329 e. The van der Waals surface area contributed by atoms with Crippen LogP contribution in [0.1, 0.15) is 19.3 Å². The van der Waals surface area contributed by atoms with Crippen LogP contribution in [0.15, 0.2) is 0 Å². The number of urea groups is 1. The summed E-state index contributed by atoms with van der Waals surface area (Å²) in [7, 11) is -3.06. The Labute approximate surface area is 117 Å². The number of hydrogen-bond donors (Lipinski definition) is 3. The number of carbonyl (C=O) groups is 2. The fourth-order valence-electron chi connectivity index (χ4n) is 1.91. The van der Waals surface area contributed by atoms with E-state index in [9.17, 15) is 23.1 Å². The lowest BCUT2D eigenvalue weighted by Gasteiger charge is -2.33. The number of sulfone groups is 1. The van der Waals surface area contributed by atoms with Gasteiger partial charge in [-0.1, -0.05) is 0 Å². The van der Waals surface area contributed by atoms with Crippen LogP contribution < -0.4 is 10.6 Å². The molecule has 116 valence electrons. The van der Waals surface area contributed by atoms with Crippen molar-refractivity contribution in [2.45, 2.75) is 24.8 Å². The summed E-state index contributed by atoms with van der Waals surface area (Å²) in [6, 6.07) is -0.609. The van der Waals surface area contributed by atoms with Crippen LogP contribution in [0.4, 0.5) is 4.79 Å². The molecule has 9 heteroatoms. The molecule has 1 heterocycles. The van der Waals surface area contributed by atoms with E-state index in [0.29, 0.717) is 0 Å². The van der Waals surface area contributed by atoms with Crippen molar-refractivity contribution in [3.05, 3.63) is 0 Å². The lowest BCUT2D eigenvalue weighted by Crippen LogP contribution is -2.59. The van der Waals surface area contributed by atoms with Gasteiger partial charge in [0, 0.05) is 38.9 Å². The number of aliphatic carboxylic acids is 1. The standard InChI is InChI=1S/C11H20N2O6S/c1-20(17,18)8-2-5-12-10(16)13-11(9(14)15)3-6-19-7-4-11/h2-8H2,1H3,(H,14,15)(H2,12,13,16). The van der Waals surface area contributed by atoms with Gasteiger partial charge in [-0.2, -0.15) is 0 Å². The van der Waals surface area contributed by atoms with E-state index in [1.54, 1.807) is 0 Å². The maximum Gasteiger partial charge on any atom is 0.329 e. The van der Waals surface area contributed by atoms with Crippen molar-refractivity contribution < 1.29 is 27.9 Å². The van der Waals surface area contributed by atoms with Gasteiger partial charge in [-0.25, -0.2) is 18.0 Å². The highest BCUT2D eigenvalue weighted by Crippen LogP contribution is 2.20. The van der Waals surface area contributed by atoms with Gasteiger partial charge < -0.3 is 20.5 Å². The summed E-state index contributed by atoms with van der Waals surface area (Å²) in [5, 5.41) is 14.2. The number of ether oxygens (including phenoxy) is 1. The summed E-state index contributed by atoms with van der Waals surface area (Å²) < 4.78 is 26.9. The molecule has 1 aliphatic heterocycles. The molecule has 1 fully saturated rings. The van der Waals surface area contributed by atoms with Gasteiger partial charge in [0.05, 0.1) is 5.75 Å². The van der Waals surface area contributed by atoms with Crippen LogP contribution in [0.2, 0.25) is 0 Å². The molecule has 0 saturated carbocycles. The van der Waals surface area contributed by atoms with Crippen LogP contribution in [-0.2, 0) is 19.4 Å². The molecule has 0 unspecified atom stereocenters. The van der Waals surface area contributed by atoms with Crippen molar-refractivity contribution in [2.75, 3.05) is 31.8 Å². The summed E-state index contributed by atoms with van der Waals surface area (Å²) in [6.45, 7) is 0.729. The first-order chi connectivity index (χ1) is 9.25. The predicted molar refractivity (Wildman–Crippen MR) is 71.3 cm³/mol. The monoisotopic (exact) mass is 308 g/mol. The molecule has 20 heavy (non-hydrogen) atoms. The van der Waals surface area contributed by atoms with E-state index in [2.05, 4.69) is 10.6 Å². The van der Waals surface area contributed by atoms with Crippen molar-refractivity contribution in [3.8, 4) is 0 Å². The number of nitrogens with one attached hydrogen (secondary N) is 2. The molecule has 1 saturated heterocycles. The van der Waals surface area contributed by atoms with Crippen molar-refractivity contribution in [1.82, 2.24) is 10.6 Å². The molecule has 0 aliphatic carbocycles. The van der Waals surface area contributed by atoms with E-state index in [-0.39, 0.29) is 44.8 Å². The van der Waals surface area contributed by atoms with Gasteiger partial charge in [-0.05, 0) is 6.42 Å². The van der Waals surface area contributed by atoms with Crippen LogP contribution in [0.3, 0.4) is 0 Å². The van der Waals surface area contributed by atoms with Gasteiger partial charge in [0.2, 0.25) is 0 Å². The first-order valence-electron chi connectivity index (χ1n) is 6.30. The molecule has 0 aromatic rings. The van der Waals surface area contributed by atoms with Gasteiger partial charge in [0.15, 0.2) is 0 Å². The molecular formula is C11H20N2O6S. The van der Waals surface area contributed by atoms with E-state index in [1.165, 1.54) is 0 Å². The number of rotatable bonds is 6. The topological polar surface area (TPSA) is 122 Å². The summed E-state index contributed by atoms with van der Waals surface area (Å²) in [4.78, 5) is 23.0. The maximum atomic E-state index is 11.7. The lowest BCUT2D eigenvalue weighted by atomic mass is 9.90. The molecule has 1 rings (SSSR count). The predicted octanol–water partition coefficient (Wildman–Crippen LogP) is -0.646. The van der Waals surface area contributed by atoms with E-state index in [1.807, 2.05) is 0 Å². The first-order valence-corrected chi connectivity index (χ1v) is 8.36. The normalized spacial score (nSPS) is 18.2. The first kappa shape index (κ1) is 16.7. The van der Waals surface area contributed by atoms with Crippen molar-refractivity contribution >= 4 is 21.8 Å². The lowest BCUT2D eigenvalue weighted by molar-refractivity contribution is -0.148. The minimum absolute atomic E-state index is 0.0226. The third-order valence-corrected chi connectivity index (χ3v) is 4.12. The average Bonchev–Trinajstić information content (AvgIpc) is 2.34. The molecule has 0 radical (unpaired) electrons. The van der Waals surface area contributed by atoms with Gasteiger partial charge in [-0.15, -0.1) is 0 Å². The molecule has 0 spiro atoms. The molecule has 0 bridgehead atoms. The SMILES string of the molecule is CS(=O)(=O)CCCNC(=O)NC1(C(=O)O)CCOCC1. The third kappa shape index (κ3) is 5.33. The summed E-state index contributed by atoms with van der Waals surface area (Å²) in [5.41, 5.74) is -1.31. The fraction of sp³-hybridized carbons (Fsp3) is 0.818. The Morgan fingerprint density at radius 3 is 2.40 bits per heavy atom. The number of carboxylic acid groups (broad SMARTS) is 1. The van der Waals surface area contributed by atoms with Crippen molar-refractivity contribution in [2.24, 2.45) is 0 Å². The molecule has 0 aromatic heterocycles. The van der Waals surface area contributed by atoms with Crippen molar-refractivity contribution in [3.63, 3.8) is 0 Å². The Hall–Kier alpha value is -1.35. The summed E-state index contributed by atoms with van der Waals surface area (Å²) in [6.07, 6.45) is 1.82. The van der Waals surface area contributed by atoms with Crippen LogP contribution in [0, 0.1) is 0 Å². The molecule has 1 aliphatic rings. The van der Waals surface area contributed by atoms with Crippen LogP contribution in [-0.4, -0.2) is 62.8 Å². The van der Waals surface area contributed by atoms with Crippen molar-refractivity contribution in [1.29, 1.82) is 0 Å². The highest BCUT2D eigenvalue weighted by molar-refractivity contribution is 7.90. The highest BCUT2D eigenvalue weighted by Gasteiger charge is 2.41. The number of amides is 2. The van der Waals surface area contributed by atoms with E-state index in [0.717, 1.165) is 6.26 Å². The Balaban J connectivity index is 2.41. The number of carbonyl (C=O) groups excluding carboxylic acids is 1. The van der Waals surface area contributed by atoms with Gasteiger partial charge in [-0.3, -0.25) is 0 Å². The van der Waals surface area contributed by atoms with Gasteiger partial charge in [0.25, 0.3) is 0 Å². The number of hydrogen-bond acceptors (Lipinski definition) is 5. The quantitative estimate of drug-likeness (QED) is 0.561. The van der Waals surface area contributed by atoms with E-state index >= 15 is 0 Å². The second-order valence-electron chi connectivity index (χ2n) is 4.86. The van der Waals surface area contributed by atoms with Gasteiger partial charge in [0.1, 0.15) is 15.4 Å². The summed E-state index contributed by atoms with van der Waals surface area (Å²) >= 11 is 0. The molecular weight excluding hydrogens is 288 g/mol.